The van der Waals surface area contributed by atoms with Gasteiger partial charge in [-0.2, -0.15) is 0 Å². The minimum Gasteiger partial charge on any atom is -0.466 e. The molecule has 0 aliphatic carbocycles. The number of pyridine rings is 1. The van der Waals surface area contributed by atoms with Gasteiger partial charge < -0.3 is 19.9 Å². The molecule has 0 spiro atoms. The highest BCUT2D eigenvalue weighted by Gasteiger charge is 2.24. The predicted molar refractivity (Wildman–Crippen MR) is 118 cm³/mol. The molecule has 0 unspecified atom stereocenters. The molecule has 30 heavy (non-hydrogen) atoms. The number of likely N-dealkylation sites (tertiary alicyclic amines) is 1. The van der Waals surface area contributed by atoms with Gasteiger partial charge in [0.25, 0.3) is 0 Å². The molecule has 164 valence electrons. The van der Waals surface area contributed by atoms with E-state index in [1.165, 1.54) is 5.56 Å². The Labute approximate surface area is 178 Å². The number of rotatable bonds is 9. The smallest absolute Gasteiger partial charge is 0.306 e. The molecule has 0 saturated carbocycles. The average Bonchev–Trinajstić information content (AvgIpc) is 3.14. The maximum absolute atomic E-state index is 12.2. The van der Waals surface area contributed by atoms with Crippen molar-refractivity contribution in [1.29, 1.82) is 0 Å². The molecule has 3 rings (SSSR count). The van der Waals surface area contributed by atoms with Crippen LogP contribution in [0, 0.1) is 5.92 Å². The number of fused-ring (bicyclic) bond motifs is 1. The number of carbonyl (C=O) groups is 2. The van der Waals surface area contributed by atoms with Crippen LogP contribution in [0.1, 0.15) is 64.4 Å². The lowest BCUT2D eigenvalue weighted by molar-refractivity contribution is -0.144. The number of piperidine rings is 1. The van der Waals surface area contributed by atoms with E-state index < -0.39 is 0 Å². The molecule has 0 radical (unpaired) electrons. The summed E-state index contributed by atoms with van der Waals surface area (Å²) in [5, 5.41) is 2.81. The zero-order valence-electron chi connectivity index (χ0n) is 18.4. The van der Waals surface area contributed by atoms with E-state index in [1.54, 1.807) is 6.07 Å². The first-order valence-corrected chi connectivity index (χ1v) is 11.1. The molecule has 0 aromatic carbocycles. The second-order valence-electron chi connectivity index (χ2n) is 8.57. The van der Waals surface area contributed by atoms with Gasteiger partial charge in [0, 0.05) is 19.2 Å². The van der Waals surface area contributed by atoms with Crippen molar-refractivity contribution in [3.8, 4) is 0 Å². The fourth-order valence-corrected chi connectivity index (χ4v) is 4.05. The fourth-order valence-electron chi connectivity index (χ4n) is 4.05. The van der Waals surface area contributed by atoms with E-state index >= 15 is 0 Å². The van der Waals surface area contributed by atoms with Gasteiger partial charge in [-0.15, -0.1) is 0 Å². The van der Waals surface area contributed by atoms with Crippen molar-refractivity contribution in [2.24, 2.45) is 5.92 Å². The van der Waals surface area contributed by atoms with Crippen molar-refractivity contribution in [3.63, 3.8) is 0 Å². The van der Waals surface area contributed by atoms with Gasteiger partial charge in [-0.05, 0) is 61.9 Å². The Bertz CT molecular complexity index is 853. The third-order valence-electron chi connectivity index (χ3n) is 5.49. The molecule has 3 heterocycles. The molecule has 1 aliphatic heterocycles. The number of aromatic nitrogens is 2. The number of nitrogens with one attached hydrogen (secondary N) is 2. The standard InChI is InChI=1S/C23H34N4O3/c1-4-13-30-22(29)8-7-21(28)25-20-6-5-19-23(26-20)18(14-24-19)17-9-11-27(12-10-17)15-16(2)3/h5-6,14,16-17,24H,4,7-13,15H2,1-3H3,(H,25,26,28). The van der Waals surface area contributed by atoms with Gasteiger partial charge in [0.15, 0.2) is 0 Å². The normalized spacial score (nSPS) is 15.6. The molecule has 0 atom stereocenters. The van der Waals surface area contributed by atoms with Crippen molar-refractivity contribution < 1.29 is 14.3 Å². The van der Waals surface area contributed by atoms with Crippen LogP contribution in [0.25, 0.3) is 11.0 Å². The molecular weight excluding hydrogens is 380 g/mol. The highest BCUT2D eigenvalue weighted by atomic mass is 16.5. The first kappa shape index (κ1) is 22.3. The first-order chi connectivity index (χ1) is 14.5. The second kappa shape index (κ2) is 10.6. The number of hydrogen-bond acceptors (Lipinski definition) is 5. The third kappa shape index (κ3) is 6.05. The summed E-state index contributed by atoms with van der Waals surface area (Å²) in [7, 11) is 0. The predicted octanol–water partition coefficient (Wildman–Crippen LogP) is 4.07. The Hall–Kier alpha value is -2.41. The second-order valence-corrected chi connectivity index (χ2v) is 8.57. The molecule has 2 N–H and O–H groups in total. The van der Waals surface area contributed by atoms with Gasteiger partial charge in [-0.3, -0.25) is 9.59 Å². The van der Waals surface area contributed by atoms with Crippen molar-refractivity contribution >= 4 is 28.7 Å². The first-order valence-electron chi connectivity index (χ1n) is 11.1. The van der Waals surface area contributed by atoms with E-state index in [-0.39, 0.29) is 24.7 Å². The maximum atomic E-state index is 12.2. The summed E-state index contributed by atoms with van der Waals surface area (Å²) in [4.78, 5) is 34.3. The molecule has 1 saturated heterocycles. The van der Waals surface area contributed by atoms with Crippen LogP contribution in [0.5, 0.6) is 0 Å². The Morgan fingerprint density at radius 2 is 2.03 bits per heavy atom. The van der Waals surface area contributed by atoms with Gasteiger partial charge in [-0.1, -0.05) is 20.8 Å². The van der Waals surface area contributed by atoms with E-state index in [9.17, 15) is 9.59 Å². The van der Waals surface area contributed by atoms with E-state index in [0.717, 1.165) is 49.9 Å². The molecule has 7 heteroatoms. The van der Waals surface area contributed by atoms with Crippen molar-refractivity contribution in [3.05, 3.63) is 23.9 Å². The molecule has 7 nitrogen and oxygen atoms in total. The van der Waals surface area contributed by atoms with E-state index in [0.29, 0.717) is 24.3 Å². The van der Waals surface area contributed by atoms with Crippen LogP contribution < -0.4 is 5.32 Å². The molecule has 1 aliphatic rings. The number of ether oxygens (including phenoxy) is 1. The van der Waals surface area contributed by atoms with Gasteiger partial charge >= 0.3 is 5.97 Å². The summed E-state index contributed by atoms with van der Waals surface area (Å²) in [5.74, 6) is 1.12. The SMILES string of the molecule is CCCOC(=O)CCC(=O)Nc1ccc2[nH]cc(C3CCN(CC(C)C)CC3)c2n1. The summed E-state index contributed by atoms with van der Waals surface area (Å²) in [6.07, 6.45) is 5.26. The summed E-state index contributed by atoms with van der Waals surface area (Å²) < 4.78 is 5.01. The number of hydrogen-bond donors (Lipinski definition) is 2. The van der Waals surface area contributed by atoms with E-state index in [1.807, 2.05) is 13.0 Å². The number of anilines is 1. The summed E-state index contributed by atoms with van der Waals surface area (Å²) in [6, 6.07) is 3.74. The van der Waals surface area contributed by atoms with Crippen molar-refractivity contribution in [2.75, 3.05) is 31.6 Å². The third-order valence-corrected chi connectivity index (χ3v) is 5.49. The van der Waals surface area contributed by atoms with Crippen LogP contribution in [0.2, 0.25) is 0 Å². The van der Waals surface area contributed by atoms with E-state index in [2.05, 4.69) is 35.2 Å². The lowest BCUT2D eigenvalue weighted by Crippen LogP contribution is -2.35. The zero-order chi connectivity index (χ0) is 21.5. The van der Waals surface area contributed by atoms with Crippen LogP contribution in [0.3, 0.4) is 0 Å². The average molecular weight is 415 g/mol. The van der Waals surface area contributed by atoms with Crippen LogP contribution in [0.15, 0.2) is 18.3 Å². The van der Waals surface area contributed by atoms with Crippen LogP contribution >= 0.6 is 0 Å². The fraction of sp³-hybridized carbons (Fsp3) is 0.609. The van der Waals surface area contributed by atoms with Gasteiger partial charge in [0.1, 0.15) is 5.82 Å². The minimum absolute atomic E-state index is 0.0818. The maximum Gasteiger partial charge on any atom is 0.306 e. The number of esters is 1. The lowest BCUT2D eigenvalue weighted by atomic mass is 9.90. The number of carbonyl (C=O) groups excluding carboxylic acids is 2. The van der Waals surface area contributed by atoms with Crippen LogP contribution in [-0.4, -0.2) is 53.0 Å². The lowest BCUT2D eigenvalue weighted by Gasteiger charge is -2.32. The molecule has 2 aromatic heterocycles. The number of nitrogens with zero attached hydrogens (tertiary/aromatic N) is 2. The number of aromatic amines is 1. The Morgan fingerprint density at radius 1 is 1.27 bits per heavy atom. The number of amides is 1. The molecule has 2 aromatic rings. The van der Waals surface area contributed by atoms with E-state index in [4.69, 9.17) is 9.72 Å². The molecule has 1 amide bonds. The Morgan fingerprint density at radius 3 is 2.73 bits per heavy atom. The quantitative estimate of drug-likeness (QED) is 0.604. The van der Waals surface area contributed by atoms with Gasteiger partial charge in [0.05, 0.1) is 24.1 Å². The Kier molecular flexibility index (Phi) is 7.85. The highest BCUT2D eigenvalue weighted by molar-refractivity contribution is 5.93. The number of H-pyrrole nitrogens is 1. The van der Waals surface area contributed by atoms with Crippen LogP contribution in [-0.2, 0) is 14.3 Å². The molecule has 1 fully saturated rings. The topological polar surface area (TPSA) is 87.3 Å². The van der Waals surface area contributed by atoms with Crippen molar-refractivity contribution in [2.45, 2.75) is 58.8 Å². The summed E-state index contributed by atoms with van der Waals surface area (Å²) in [6.45, 7) is 10.2. The van der Waals surface area contributed by atoms with Crippen LogP contribution in [0.4, 0.5) is 5.82 Å². The summed E-state index contributed by atoms with van der Waals surface area (Å²) >= 11 is 0. The van der Waals surface area contributed by atoms with Crippen molar-refractivity contribution in [1.82, 2.24) is 14.9 Å². The highest BCUT2D eigenvalue weighted by Crippen LogP contribution is 2.33. The molecule has 0 bridgehead atoms. The zero-order valence-corrected chi connectivity index (χ0v) is 18.4. The van der Waals surface area contributed by atoms with Gasteiger partial charge in [0.2, 0.25) is 5.91 Å². The monoisotopic (exact) mass is 414 g/mol. The van der Waals surface area contributed by atoms with Gasteiger partial charge in [-0.25, -0.2) is 4.98 Å². The summed E-state index contributed by atoms with van der Waals surface area (Å²) in [5.41, 5.74) is 3.14. The Balaban J connectivity index is 1.60. The minimum atomic E-state index is -0.341. The molecular formula is C23H34N4O3. The largest absolute Gasteiger partial charge is 0.466 e.